The molecule has 1 amide bonds. The van der Waals surface area contributed by atoms with Crippen molar-refractivity contribution in [2.24, 2.45) is 5.92 Å². The molecular formula is C8H8ClNO2S. The van der Waals surface area contributed by atoms with E-state index in [1.54, 1.807) is 6.07 Å². The molecule has 2 rings (SSSR count). The standard InChI is InChI=1S/C8H8ClNO2S/c9-7-1-6(4-13-7)10-8(11)5-2-12-3-5/h1,4-5H,2-3H2,(H,10,11). The molecule has 1 N–H and O–H groups in total. The lowest BCUT2D eigenvalue weighted by molar-refractivity contribution is -0.133. The van der Waals surface area contributed by atoms with Gasteiger partial charge < -0.3 is 10.1 Å². The van der Waals surface area contributed by atoms with Gasteiger partial charge in [0.05, 0.1) is 29.2 Å². The van der Waals surface area contributed by atoms with Gasteiger partial charge in [0.1, 0.15) is 0 Å². The van der Waals surface area contributed by atoms with E-state index in [1.807, 2.05) is 5.38 Å². The molecule has 0 spiro atoms. The molecule has 1 aliphatic rings. The Morgan fingerprint density at radius 3 is 2.92 bits per heavy atom. The smallest absolute Gasteiger partial charge is 0.232 e. The Morgan fingerprint density at radius 1 is 1.69 bits per heavy atom. The molecule has 3 nitrogen and oxygen atoms in total. The first kappa shape index (κ1) is 8.99. The number of carbonyl (C=O) groups is 1. The predicted octanol–water partition coefficient (Wildman–Crippen LogP) is 1.99. The second-order valence-corrected chi connectivity index (χ2v) is 4.41. The van der Waals surface area contributed by atoms with Crippen LogP contribution in [0.1, 0.15) is 0 Å². The second kappa shape index (κ2) is 3.65. The Hall–Kier alpha value is -0.580. The minimum atomic E-state index is 0.0127. The molecule has 0 aliphatic carbocycles. The zero-order valence-electron chi connectivity index (χ0n) is 6.75. The molecule has 5 heteroatoms. The quantitative estimate of drug-likeness (QED) is 0.823. The molecule has 0 atom stereocenters. The number of rotatable bonds is 2. The van der Waals surface area contributed by atoms with E-state index in [-0.39, 0.29) is 11.8 Å². The van der Waals surface area contributed by atoms with Crippen molar-refractivity contribution in [3.63, 3.8) is 0 Å². The Morgan fingerprint density at radius 2 is 2.46 bits per heavy atom. The highest BCUT2D eigenvalue weighted by Gasteiger charge is 2.26. The Bertz CT molecular complexity index is 322. The van der Waals surface area contributed by atoms with Gasteiger partial charge in [0, 0.05) is 5.38 Å². The van der Waals surface area contributed by atoms with Gasteiger partial charge in [-0.2, -0.15) is 0 Å². The van der Waals surface area contributed by atoms with Crippen molar-refractivity contribution in [2.75, 3.05) is 18.5 Å². The number of hydrogen-bond acceptors (Lipinski definition) is 3. The van der Waals surface area contributed by atoms with Crippen LogP contribution in [0.5, 0.6) is 0 Å². The Labute approximate surface area is 84.7 Å². The molecule has 1 aromatic heterocycles. The fraction of sp³-hybridized carbons (Fsp3) is 0.375. The number of carbonyl (C=O) groups excluding carboxylic acids is 1. The highest BCUT2D eigenvalue weighted by molar-refractivity contribution is 7.14. The number of hydrogen-bond donors (Lipinski definition) is 1. The van der Waals surface area contributed by atoms with Crippen LogP contribution < -0.4 is 5.32 Å². The molecule has 70 valence electrons. The zero-order chi connectivity index (χ0) is 9.26. The van der Waals surface area contributed by atoms with Crippen LogP contribution in [0.3, 0.4) is 0 Å². The molecular weight excluding hydrogens is 210 g/mol. The normalized spacial score (nSPS) is 16.7. The van der Waals surface area contributed by atoms with Crippen molar-refractivity contribution in [1.82, 2.24) is 0 Å². The molecule has 2 heterocycles. The van der Waals surface area contributed by atoms with Crippen molar-refractivity contribution in [1.29, 1.82) is 0 Å². The van der Waals surface area contributed by atoms with Gasteiger partial charge in [-0.15, -0.1) is 11.3 Å². The summed E-state index contributed by atoms with van der Waals surface area (Å²) >= 11 is 7.12. The van der Waals surface area contributed by atoms with Crippen LogP contribution in [0.2, 0.25) is 4.34 Å². The molecule has 1 aliphatic heterocycles. The lowest BCUT2D eigenvalue weighted by Gasteiger charge is -2.24. The van der Waals surface area contributed by atoms with E-state index in [4.69, 9.17) is 16.3 Å². The van der Waals surface area contributed by atoms with Gasteiger partial charge in [0.15, 0.2) is 0 Å². The highest BCUT2D eigenvalue weighted by Crippen LogP contribution is 2.24. The Kier molecular flexibility index (Phi) is 2.53. The van der Waals surface area contributed by atoms with E-state index < -0.39 is 0 Å². The van der Waals surface area contributed by atoms with E-state index >= 15 is 0 Å². The summed E-state index contributed by atoms with van der Waals surface area (Å²) in [5, 5.41) is 4.59. The summed E-state index contributed by atoms with van der Waals surface area (Å²) in [6, 6.07) is 1.74. The van der Waals surface area contributed by atoms with Crippen molar-refractivity contribution in [2.45, 2.75) is 0 Å². The second-order valence-electron chi connectivity index (χ2n) is 2.86. The predicted molar refractivity (Wildman–Crippen MR) is 52.3 cm³/mol. The van der Waals surface area contributed by atoms with Gasteiger partial charge in [-0.25, -0.2) is 0 Å². The average Bonchev–Trinajstić information content (AvgIpc) is 2.31. The van der Waals surface area contributed by atoms with E-state index in [0.29, 0.717) is 17.6 Å². The highest BCUT2D eigenvalue weighted by atomic mass is 35.5. The minimum Gasteiger partial charge on any atom is -0.380 e. The molecule has 1 saturated heterocycles. The van der Waals surface area contributed by atoms with Crippen LogP contribution in [-0.2, 0) is 9.53 Å². The largest absolute Gasteiger partial charge is 0.380 e. The first-order valence-corrected chi connectivity index (χ1v) is 5.14. The minimum absolute atomic E-state index is 0.0127. The molecule has 0 aromatic carbocycles. The summed E-state index contributed by atoms with van der Waals surface area (Å²) in [4.78, 5) is 11.4. The maximum atomic E-state index is 11.4. The molecule has 13 heavy (non-hydrogen) atoms. The van der Waals surface area contributed by atoms with Gasteiger partial charge in [-0.1, -0.05) is 11.6 Å². The van der Waals surface area contributed by atoms with Gasteiger partial charge >= 0.3 is 0 Å². The monoisotopic (exact) mass is 217 g/mol. The van der Waals surface area contributed by atoms with E-state index in [0.717, 1.165) is 5.69 Å². The maximum Gasteiger partial charge on any atom is 0.232 e. The van der Waals surface area contributed by atoms with Crippen LogP contribution in [0, 0.1) is 5.92 Å². The number of anilines is 1. The number of amides is 1. The summed E-state index contributed by atoms with van der Waals surface area (Å²) in [6.07, 6.45) is 0. The molecule has 1 fully saturated rings. The third-order valence-corrected chi connectivity index (χ3v) is 2.94. The zero-order valence-corrected chi connectivity index (χ0v) is 8.32. The van der Waals surface area contributed by atoms with E-state index in [1.165, 1.54) is 11.3 Å². The van der Waals surface area contributed by atoms with Crippen molar-refractivity contribution < 1.29 is 9.53 Å². The molecule has 0 saturated carbocycles. The average molecular weight is 218 g/mol. The van der Waals surface area contributed by atoms with Crippen LogP contribution in [0.15, 0.2) is 11.4 Å². The van der Waals surface area contributed by atoms with E-state index in [2.05, 4.69) is 5.32 Å². The number of nitrogens with one attached hydrogen (secondary N) is 1. The first-order chi connectivity index (χ1) is 6.25. The maximum absolute atomic E-state index is 11.4. The fourth-order valence-corrected chi connectivity index (χ4v) is 1.82. The lowest BCUT2D eigenvalue weighted by Crippen LogP contribution is -2.38. The third-order valence-electron chi connectivity index (χ3n) is 1.84. The van der Waals surface area contributed by atoms with Crippen molar-refractivity contribution >= 4 is 34.5 Å². The number of thiophene rings is 1. The Balaban J connectivity index is 1.93. The van der Waals surface area contributed by atoms with Gasteiger partial charge in [-0.05, 0) is 6.07 Å². The SMILES string of the molecule is O=C(Nc1csc(Cl)c1)C1COC1. The molecule has 1 aromatic rings. The number of halogens is 1. The summed E-state index contributed by atoms with van der Waals surface area (Å²) in [5.74, 6) is 0.0272. The summed E-state index contributed by atoms with van der Waals surface area (Å²) in [5.41, 5.74) is 0.770. The summed E-state index contributed by atoms with van der Waals surface area (Å²) in [6.45, 7) is 1.06. The van der Waals surface area contributed by atoms with Crippen LogP contribution in [0.4, 0.5) is 5.69 Å². The van der Waals surface area contributed by atoms with Crippen molar-refractivity contribution in [3.05, 3.63) is 15.8 Å². The van der Waals surface area contributed by atoms with Gasteiger partial charge in [-0.3, -0.25) is 4.79 Å². The number of ether oxygens (including phenoxy) is 1. The van der Waals surface area contributed by atoms with Crippen LogP contribution in [0.25, 0.3) is 0 Å². The summed E-state index contributed by atoms with van der Waals surface area (Å²) in [7, 11) is 0. The van der Waals surface area contributed by atoms with Crippen LogP contribution in [-0.4, -0.2) is 19.1 Å². The van der Waals surface area contributed by atoms with Gasteiger partial charge in [0.2, 0.25) is 5.91 Å². The third kappa shape index (κ3) is 2.02. The molecule has 0 bridgehead atoms. The van der Waals surface area contributed by atoms with E-state index in [9.17, 15) is 4.79 Å². The van der Waals surface area contributed by atoms with Crippen LogP contribution >= 0.6 is 22.9 Å². The first-order valence-electron chi connectivity index (χ1n) is 3.88. The fourth-order valence-electron chi connectivity index (χ4n) is 1.01. The van der Waals surface area contributed by atoms with Gasteiger partial charge in [0.25, 0.3) is 0 Å². The summed E-state index contributed by atoms with van der Waals surface area (Å²) < 4.78 is 5.60. The molecule has 0 unspecified atom stereocenters. The topological polar surface area (TPSA) is 38.3 Å². The molecule has 0 radical (unpaired) electrons. The lowest BCUT2D eigenvalue weighted by atomic mass is 10.1. The van der Waals surface area contributed by atoms with Crippen molar-refractivity contribution in [3.8, 4) is 0 Å².